The number of carbonyl (C=O) groups excluding carboxylic acids is 1. The predicted molar refractivity (Wildman–Crippen MR) is 168 cm³/mol. The molecule has 1 aliphatic rings. The van der Waals surface area contributed by atoms with Crippen LogP contribution >= 0.6 is 0 Å². The number of hydrogen-bond donors (Lipinski definition) is 2. The summed E-state index contributed by atoms with van der Waals surface area (Å²) in [7, 11) is 6.43. The minimum absolute atomic E-state index is 0.0501. The second-order valence-corrected chi connectivity index (χ2v) is 12.7. The van der Waals surface area contributed by atoms with Gasteiger partial charge in [0.2, 0.25) is 0 Å². The van der Waals surface area contributed by atoms with Crippen molar-refractivity contribution in [1.82, 2.24) is 0 Å². The molecule has 1 aliphatic heterocycles. The van der Waals surface area contributed by atoms with Gasteiger partial charge in [-0.25, -0.2) is 0 Å². The van der Waals surface area contributed by atoms with E-state index in [-0.39, 0.29) is 23.3 Å². The van der Waals surface area contributed by atoms with Crippen molar-refractivity contribution in [2.45, 2.75) is 96.7 Å². The highest BCUT2D eigenvalue weighted by Crippen LogP contribution is 2.47. The third-order valence-electron chi connectivity index (χ3n) is 7.75. The lowest BCUT2D eigenvalue weighted by Gasteiger charge is -2.30. The SMILES string of the molecule is COc1cc2c(c(OC)c1CCC(C)(C)N)C(=O)C[C@@H](c1ccc(OC)c(OC)c1CC=C(C)CCCC(C)(C)N)O2. The summed E-state index contributed by atoms with van der Waals surface area (Å²) in [6.07, 6.45) is 6.67. The first kappa shape index (κ1) is 33.3. The normalized spacial score (nSPS) is 15.6. The second-order valence-electron chi connectivity index (χ2n) is 12.7. The molecule has 8 heteroatoms. The smallest absolute Gasteiger partial charge is 0.174 e. The molecule has 0 spiro atoms. The number of ether oxygens (including phenoxy) is 5. The van der Waals surface area contributed by atoms with Crippen LogP contribution in [0.2, 0.25) is 0 Å². The van der Waals surface area contributed by atoms with Crippen molar-refractivity contribution < 1.29 is 28.5 Å². The molecule has 3 rings (SSSR count). The van der Waals surface area contributed by atoms with E-state index >= 15 is 0 Å². The molecule has 0 saturated carbocycles. The maximum atomic E-state index is 13.8. The van der Waals surface area contributed by atoms with Crippen LogP contribution < -0.4 is 35.2 Å². The van der Waals surface area contributed by atoms with Crippen LogP contribution in [0.1, 0.15) is 99.9 Å². The fourth-order valence-electron chi connectivity index (χ4n) is 5.46. The number of hydrogen-bond acceptors (Lipinski definition) is 8. The van der Waals surface area contributed by atoms with Crippen molar-refractivity contribution >= 4 is 5.78 Å². The maximum Gasteiger partial charge on any atom is 0.174 e. The molecule has 0 saturated heterocycles. The van der Waals surface area contributed by atoms with E-state index in [1.165, 1.54) is 5.57 Å². The van der Waals surface area contributed by atoms with E-state index in [9.17, 15) is 4.79 Å². The molecule has 8 nitrogen and oxygen atoms in total. The molecule has 1 atom stereocenters. The lowest BCUT2D eigenvalue weighted by Crippen LogP contribution is -2.32. The monoisotopic (exact) mass is 582 g/mol. The van der Waals surface area contributed by atoms with Gasteiger partial charge in [0.1, 0.15) is 28.9 Å². The molecule has 232 valence electrons. The molecule has 0 unspecified atom stereocenters. The van der Waals surface area contributed by atoms with E-state index in [4.69, 9.17) is 35.2 Å². The number of allylic oxidation sites excluding steroid dienone is 2. The Labute approximate surface area is 251 Å². The van der Waals surface area contributed by atoms with Crippen molar-refractivity contribution in [3.05, 3.63) is 52.1 Å². The van der Waals surface area contributed by atoms with Gasteiger partial charge in [-0.05, 0) is 79.2 Å². The molecule has 2 aromatic carbocycles. The van der Waals surface area contributed by atoms with Gasteiger partial charge in [0.15, 0.2) is 17.3 Å². The molecule has 0 amide bonds. The topological polar surface area (TPSA) is 115 Å². The number of methoxy groups -OCH3 is 4. The van der Waals surface area contributed by atoms with E-state index in [2.05, 4.69) is 26.8 Å². The van der Waals surface area contributed by atoms with Crippen LogP contribution in [0, 0.1) is 0 Å². The summed E-state index contributed by atoms with van der Waals surface area (Å²) in [5.74, 6) is 2.76. The largest absolute Gasteiger partial charge is 0.496 e. The van der Waals surface area contributed by atoms with Gasteiger partial charge in [0, 0.05) is 33.8 Å². The average Bonchev–Trinajstić information content (AvgIpc) is 2.92. The van der Waals surface area contributed by atoms with Crippen LogP contribution in [-0.4, -0.2) is 45.3 Å². The Morgan fingerprint density at radius 1 is 0.929 bits per heavy atom. The van der Waals surface area contributed by atoms with Gasteiger partial charge in [0.05, 0.1) is 34.9 Å². The van der Waals surface area contributed by atoms with E-state index < -0.39 is 6.10 Å². The number of Topliss-reactive ketones (excluding diaryl/α,β-unsaturated/α-hetero) is 1. The standard InChI is InChI=1S/C34H50N2O6/c1-21(11-10-17-33(2,3)35)12-13-23-22(14-15-26(38-6)31(23)40-8)28-19-25(37)30-29(42-28)20-27(39-7)24(32(30)41-9)16-18-34(4,5)36/h12,14-15,20,28H,10-11,13,16-19,35-36H2,1-9H3/t28-/m0/s1. The third kappa shape index (κ3) is 8.19. The molecule has 0 aliphatic carbocycles. The fourth-order valence-corrected chi connectivity index (χ4v) is 5.46. The van der Waals surface area contributed by atoms with Gasteiger partial charge >= 0.3 is 0 Å². The summed E-state index contributed by atoms with van der Waals surface area (Å²) in [5, 5.41) is 0. The predicted octanol–water partition coefficient (Wildman–Crippen LogP) is 6.49. The first-order chi connectivity index (χ1) is 19.7. The Morgan fingerprint density at radius 3 is 2.14 bits per heavy atom. The molecule has 1 heterocycles. The summed E-state index contributed by atoms with van der Waals surface area (Å²) < 4.78 is 29.5. The minimum atomic E-state index is -0.519. The maximum absolute atomic E-state index is 13.8. The second kappa shape index (κ2) is 13.8. The van der Waals surface area contributed by atoms with Crippen LogP contribution in [0.4, 0.5) is 0 Å². The highest BCUT2D eigenvalue weighted by atomic mass is 16.5. The molecular formula is C34H50N2O6. The lowest BCUT2D eigenvalue weighted by molar-refractivity contribution is 0.0842. The Bertz CT molecular complexity index is 1290. The molecule has 0 radical (unpaired) electrons. The van der Waals surface area contributed by atoms with Gasteiger partial charge in [-0.3, -0.25) is 4.79 Å². The number of nitrogens with two attached hydrogens (primary N) is 2. The highest BCUT2D eigenvalue weighted by Gasteiger charge is 2.35. The molecule has 0 bridgehead atoms. The van der Waals surface area contributed by atoms with Crippen molar-refractivity contribution in [3.63, 3.8) is 0 Å². The van der Waals surface area contributed by atoms with Crippen molar-refractivity contribution in [3.8, 4) is 28.7 Å². The number of ketones is 1. The van der Waals surface area contributed by atoms with Crippen LogP contribution in [0.3, 0.4) is 0 Å². The zero-order valence-corrected chi connectivity index (χ0v) is 26.9. The summed E-state index contributed by atoms with van der Waals surface area (Å²) >= 11 is 0. The van der Waals surface area contributed by atoms with Crippen LogP contribution in [0.15, 0.2) is 29.8 Å². The third-order valence-corrected chi connectivity index (χ3v) is 7.75. The van der Waals surface area contributed by atoms with Gasteiger partial charge in [-0.1, -0.05) is 17.7 Å². The van der Waals surface area contributed by atoms with Gasteiger partial charge in [-0.2, -0.15) is 0 Å². The van der Waals surface area contributed by atoms with Gasteiger partial charge in [0.25, 0.3) is 0 Å². The van der Waals surface area contributed by atoms with Crippen LogP contribution in [0.5, 0.6) is 28.7 Å². The van der Waals surface area contributed by atoms with Crippen molar-refractivity contribution in [2.75, 3.05) is 28.4 Å². The average molecular weight is 583 g/mol. The van der Waals surface area contributed by atoms with E-state index in [0.29, 0.717) is 53.6 Å². The minimum Gasteiger partial charge on any atom is -0.496 e. The van der Waals surface area contributed by atoms with E-state index in [0.717, 1.165) is 36.0 Å². The molecular weight excluding hydrogens is 532 g/mol. The van der Waals surface area contributed by atoms with Crippen LogP contribution in [0.25, 0.3) is 0 Å². The summed E-state index contributed by atoms with van der Waals surface area (Å²) in [5.41, 5.74) is 16.2. The Morgan fingerprint density at radius 2 is 1.57 bits per heavy atom. The quantitative estimate of drug-likeness (QED) is 0.243. The number of carbonyl (C=O) groups is 1. The van der Waals surface area contributed by atoms with Crippen molar-refractivity contribution in [1.29, 1.82) is 0 Å². The van der Waals surface area contributed by atoms with Gasteiger partial charge < -0.3 is 35.2 Å². The molecule has 42 heavy (non-hydrogen) atoms. The first-order valence-corrected chi connectivity index (χ1v) is 14.7. The lowest BCUT2D eigenvalue weighted by atomic mass is 9.88. The molecule has 0 fully saturated rings. The number of rotatable bonds is 14. The number of fused-ring (bicyclic) bond motifs is 1. The van der Waals surface area contributed by atoms with E-state index in [1.807, 2.05) is 26.0 Å². The Hall–Kier alpha value is -3.23. The Kier molecular flexibility index (Phi) is 11.0. The summed E-state index contributed by atoms with van der Waals surface area (Å²) in [4.78, 5) is 13.8. The summed E-state index contributed by atoms with van der Waals surface area (Å²) in [6, 6.07) is 5.62. The summed E-state index contributed by atoms with van der Waals surface area (Å²) in [6.45, 7) is 10.2. The molecule has 2 aromatic rings. The number of benzene rings is 2. The Balaban J connectivity index is 2.01. The highest BCUT2D eigenvalue weighted by molar-refractivity contribution is 6.03. The molecule has 4 N–H and O–H groups in total. The van der Waals surface area contributed by atoms with Gasteiger partial charge in [-0.15, -0.1) is 0 Å². The van der Waals surface area contributed by atoms with E-state index in [1.54, 1.807) is 34.5 Å². The van der Waals surface area contributed by atoms with Crippen LogP contribution in [-0.2, 0) is 12.8 Å². The molecule has 0 aromatic heterocycles. The zero-order valence-electron chi connectivity index (χ0n) is 26.9. The first-order valence-electron chi connectivity index (χ1n) is 14.7. The zero-order chi connectivity index (χ0) is 31.2. The van der Waals surface area contributed by atoms with Crippen molar-refractivity contribution in [2.24, 2.45) is 11.5 Å². The fraction of sp³-hybridized carbons (Fsp3) is 0.559.